The second-order valence-corrected chi connectivity index (χ2v) is 4.89. The van der Waals surface area contributed by atoms with Gasteiger partial charge in [-0.2, -0.15) is 5.10 Å². The van der Waals surface area contributed by atoms with Gasteiger partial charge in [-0.15, -0.1) is 5.10 Å². The van der Waals surface area contributed by atoms with Crippen molar-refractivity contribution in [3.05, 3.63) is 52.6 Å². The standard InChI is InChI=1S/C11H9BrN2S/c12-10-4-1-3-9(7-10)8-15-11-5-2-6-13-14-11/h1-7H,8H2. The quantitative estimate of drug-likeness (QED) is 0.805. The maximum absolute atomic E-state index is 4.02. The summed E-state index contributed by atoms with van der Waals surface area (Å²) in [6.45, 7) is 0. The first-order valence-electron chi connectivity index (χ1n) is 4.49. The van der Waals surface area contributed by atoms with Gasteiger partial charge in [0.1, 0.15) is 5.03 Å². The molecule has 4 heteroatoms. The monoisotopic (exact) mass is 280 g/mol. The maximum atomic E-state index is 4.02. The van der Waals surface area contributed by atoms with Crippen molar-refractivity contribution in [2.75, 3.05) is 0 Å². The van der Waals surface area contributed by atoms with Crippen LogP contribution in [0.3, 0.4) is 0 Å². The largest absolute Gasteiger partial charge is 0.158 e. The summed E-state index contributed by atoms with van der Waals surface area (Å²) in [4.78, 5) is 0. The van der Waals surface area contributed by atoms with Crippen LogP contribution in [-0.4, -0.2) is 10.2 Å². The van der Waals surface area contributed by atoms with Crippen LogP contribution in [0.5, 0.6) is 0 Å². The van der Waals surface area contributed by atoms with Crippen molar-refractivity contribution in [1.29, 1.82) is 0 Å². The molecule has 2 rings (SSSR count). The van der Waals surface area contributed by atoms with Gasteiger partial charge < -0.3 is 0 Å². The van der Waals surface area contributed by atoms with Crippen LogP contribution < -0.4 is 0 Å². The average molecular weight is 281 g/mol. The van der Waals surface area contributed by atoms with Gasteiger partial charge >= 0.3 is 0 Å². The molecule has 0 atom stereocenters. The average Bonchev–Trinajstić information content (AvgIpc) is 2.28. The molecule has 1 heterocycles. The van der Waals surface area contributed by atoms with Gasteiger partial charge in [0, 0.05) is 16.4 Å². The van der Waals surface area contributed by atoms with E-state index in [0.29, 0.717) is 0 Å². The van der Waals surface area contributed by atoms with Gasteiger partial charge in [-0.1, -0.05) is 39.8 Å². The molecule has 0 radical (unpaired) electrons. The Bertz CT molecular complexity index is 434. The van der Waals surface area contributed by atoms with E-state index in [0.717, 1.165) is 15.3 Å². The molecule has 1 aromatic carbocycles. The lowest BCUT2D eigenvalue weighted by molar-refractivity contribution is 0.929. The smallest absolute Gasteiger partial charge is 0.119 e. The summed E-state index contributed by atoms with van der Waals surface area (Å²) in [7, 11) is 0. The van der Waals surface area contributed by atoms with E-state index in [9.17, 15) is 0 Å². The summed E-state index contributed by atoms with van der Waals surface area (Å²) in [5.41, 5.74) is 1.28. The molecule has 0 bridgehead atoms. The highest BCUT2D eigenvalue weighted by Crippen LogP contribution is 2.21. The lowest BCUT2D eigenvalue weighted by Gasteiger charge is -2.00. The summed E-state index contributed by atoms with van der Waals surface area (Å²) in [5, 5.41) is 8.81. The van der Waals surface area contributed by atoms with Crippen LogP contribution in [-0.2, 0) is 5.75 Å². The number of aromatic nitrogens is 2. The van der Waals surface area contributed by atoms with E-state index in [1.807, 2.05) is 24.3 Å². The lowest BCUT2D eigenvalue weighted by atomic mass is 10.2. The predicted octanol–water partition coefficient (Wildman–Crippen LogP) is 3.53. The van der Waals surface area contributed by atoms with Crippen LogP contribution in [0.15, 0.2) is 52.1 Å². The van der Waals surface area contributed by atoms with Crippen LogP contribution in [0.25, 0.3) is 0 Å². The fourth-order valence-electron chi connectivity index (χ4n) is 1.15. The van der Waals surface area contributed by atoms with E-state index in [4.69, 9.17) is 0 Å². The molecule has 76 valence electrons. The Labute approximate surface area is 101 Å². The third kappa shape index (κ3) is 3.32. The fourth-order valence-corrected chi connectivity index (χ4v) is 2.37. The van der Waals surface area contributed by atoms with Gasteiger partial charge in [0.15, 0.2) is 0 Å². The summed E-state index contributed by atoms with van der Waals surface area (Å²) >= 11 is 5.14. The molecule has 0 aliphatic heterocycles. The fraction of sp³-hybridized carbons (Fsp3) is 0.0909. The minimum atomic E-state index is 0.915. The number of benzene rings is 1. The Kier molecular flexibility index (Phi) is 3.75. The van der Waals surface area contributed by atoms with Crippen LogP contribution >= 0.6 is 27.7 Å². The van der Waals surface area contributed by atoms with Crippen molar-refractivity contribution in [3.63, 3.8) is 0 Å². The van der Waals surface area contributed by atoms with Crippen molar-refractivity contribution >= 4 is 27.7 Å². The Morgan fingerprint density at radius 2 is 2.13 bits per heavy atom. The second-order valence-electron chi connectivity index (χ2n) is 2.98. The molecule has 0 saturated heterocycles. The highest BCUT2D eigenvalue weighted by molar-refractivity contribution is 9.10. The molecule has 0 aliphatic rings. The number of halogens is 1. The molecule has 2 nitrogen and oxygen atoms in total. The molecule has 15 heavy (non-hydrogen) atoms. The van der Waals surface area contributed by atoms with Gasteiger partial charge in [-0.3, -0.25) is 0 Å². The van der Waals surface area contributed by atoms with Gasteiger partial charge in [-0.05, 0) is 29.8 Å². The molecule has 0 saturated carbocycles. The molecular weight excluding hydrogens is 272 g/mol. The predicted molar refractivity (Wildman–Crippen MR) is 65.7 cm³/mol. The zero-order valence-electron chi connectivity index (χ0n) is 7.93. The minimum absolute atomic E-state index is 0.915. The third-order valence-corrected chi connectivity index (χ3v) is 3.31. The Hall–Kier alpha value is -0.870. The Balaban J connectivity index is 1.99. The van der Waals surface area contributed by atoms with Crippen molar-refractivity contribution in [2.45, 2.75) is 10.8 Å². The minimum Gasteiger partial charge on any atom is -0.158 e. The first-order valence-corrected chi connectivity index (χ1v) is 6.27. The summed E-state index contributed by atoms with van der Waals surface area (Å²) in [5.74, 6) is 0.915. The summed E-state index contributed by atoms with van der Waals surface area (Å²) < 4.78 is 1.11. The van der Waals surface area contributed by atoms with Crippen molar-refractivity contribution in [1.82, 2.24) is 10.2 Å². The van der Waals surface area contributed by atoms with Crippen molar-refractivity contribution < 1.29 is 0 Å². The summed E-state index contributed by atoms with van der Waals surface area (Å²) in [6, 6.07) is 12.1. The number of thioether (sulfide) groups is 1. The van der Waals surface area contributed by atoms with Gasteiger partial charge in [0.25, 0.3) is 0 Å². The van der Waals surface area contributed by atoms with E-state index in [2.05, 4.69) is 38.3 Å². The maximum Gasteiger partial charge on any atom is 0.119 e. The third-order valence-electron chi connectivity index (χ3n) is 1.82. The van der Waals surface area contributed by atoms with Crippen LogP contribution in [0.4, 0.5) is 0 Å². The van der Waals surface area contributed by atoms with E-state index in [-0.39, 0.29) is 0 Å². The van der Waals surface area contributed by atoms with Gasteiger partial charge in [0.2, 0.25) is 0 Å². The highest BCUT2D eigenvalue weighted by atomic mass is 79.9. The molecule has 1 aromatic heterocycles. The van der Waals surface area contributed by atoms with E-state index in [1.54, 1.807) is 18.0 Å². The van der Waals surface area contributed by atoms with Crippen LogP contribution in [0.2, 0.25) is 0 Å². The van der Waals surface area contributed by atoms with Gasteiger partial charge in [0.05, 0.1) is 0 Å². The number of hydrogen-bond acceptors (Lipinski definition) is 3. The first-order chi connectivity index (χ1) is 7.34. The zero-order chi connectivity index (χ0) is 10.5. The van der Waals surface area contributed by atoms with Crippen molar-refractivity contribution in [3.8, 4) is 0 Å². The van der Waals surface area contributed by atoms with E-state index < -0.39 is 0 Å². The van der Waals surface area contributed by atoms with E-state index in [1.165, 1.54) is 5.56 Å². The summed E-state index contributed by atoms with van der Waals surface area (Å²) in [6.07, 6.45) is 1.68. The number of rotatable bonds is 3. The van der Waals surface area contributed by atoms with Crippen molar-refractivity contribution in [2.24, 2.45) is 0 Å². The molecule has 0 amide bonds. The second kappa shape index (κ2) is 5.28. The van der Waals surface area contributed by atoms with Crippen LogP contribution in [0, 0.1) is 0 Å². The molecule has 0 aliphatic carbocycles. The molecule has 0 unspecified atom stereocenters. The highest BCUT2D eigenvalue weighted by Gasteiger charge is 1.97. The Morgan fingerprint density at radius 3 is 2.87 bits per heavy atom. The molecule has 2 aromatic rings. The lowest BCUT2D eigenvalue weighted by Crippen LogP contribution is -1.84. The van der Waals surface area contributed by atoms with E-state index >= 15 is 0 Å². The SMILES string of the molecule is Brc1cccc(CSc2cccnn2)c1. The Morgan fingerprint density at radius 1 is 1.20 bits per heavy atom. The van der Waals surface area contributed by atoms with Gasteiger partial charge in [-0.25, -0.2) is 0 Å². The molecule has 0 fully saturated rings. The normalized spacial score (nSPS) is 10.2. The first kappa shape index (κ1) is 10.6. The van der Waals surface area contributed by atoms with Crippen LogP contribution in [0.1, 0.15) is 5.56 Å². The zero-order valence-corrected chi connectivity index (χ0v) is 10.3. The number of hydrogen-bond donors (Lipinski definition) is 0. The topological polar surface area (TPSA) is 25.8 Å². The molecule has 0 N–H and O–H groups in total. The number of nitrogens with zero attached hydrogens (tertiary/aromatic N) is 2. The molecular formula is C11H9BrN2S. The molecule has 0 spiro atoms.